The van der Waals surface area contributed by atoms with Gasteiger partial charge in [0.1, 0.15) is 0 Å². The Balaban J connectivity index is 0.00000400. The highest BCUT2D eigenvalue weighted by atomic mass is 127. The average Bonchev–Trinajstić information content (AvgIpc) is 2.50. The fourth-order valence-corrected chi connectivity index (χ4v) is 1.55. The van der Waals surface area contributed by atoms with Crippen molar-refractivity contribution in [1.29, 1.82) is 0 Å². The van der Waals surface area contributed by atoms with Crippen LogP contribution in [0.5, 0.6) is 0 Å². The van der Waals surface area contributed by atoms with Gasteiger partial charge in [0.25, 0.3) is 0 Å². The molecule has 0 bridgehead atoms. The molecule has 118 valence electrons. The zero-order chi connectivity index (χ0) is 14.8. The number of rotatable bonds is 6. The van der Waals surface area contributed by atoms with Crippen molar-refractivity contribution in [3.8, 4) is 0 Å². The van der Waals surface area contributed by atoms with E-state index in [1.54, 1.807) is 7.05 Å². The molecule has 1 amide bonds. The van der Waals surface area contributed by atoms with Gasteiger partial charge >= 0.3 is 0 Å². The number of amides is 1. The number of nitrogens with zero attached hydrogens (tertiary/aromatic N) is 1. The van der Waals surface area contributed by atoms with Crippen molar-refractivity contribution in [2.24, 2.45) is 4.99 Å². The minimum Gasteiger partial charge on any atom is -0.354 e. The van der Waals surface area contributed by atoms with Crippen molar-refractivity contribution in [3.05, 3.63) is 35.9 Å². The highest BCUT2D eigenvalue weighted by Gasteiger charge is 2.05. The third kappa shape index (κ3) is 8.54. The van der Waals surface area contributed by atoms with Crippen LogP contribution in [0.3, 0.4) is 0 Å². The third-order valence-electron chi connectivity index (χ3n) is 2.97. The van der Waals surface area contributed by atoms with Gasteiger partial charge in [0, 0.05) is 19.6 Å². The maximum absolute atomic E-state index is 11.7. The van der Waals surface area contributed by atoms with Crippen molar-refractivity contribution in [1.82, 2.24) is 16.0 Å². The smallest absolute Gasteiger partial charge is 0.239 e. The molecule has 1 unspecified atom stereocenters. The number of halogens is 1. The zero-order valence-corrected chi connectivity index (χ0v) is 15.2. The lowest BCUT2D eigenvalue weighted by molar-refractivity contribution is -0.120. The maximum Gasteiger partial charge on any atom is 0.239 e. The summed E-state index contributed by atoms with van der Waals surface area (Å²) >= 11 is 0. The van der Waals surface area contributed by atoms with E-state index < -0.39 is 0 Å². The lowest BCUT2D eigenvalue weighted by atomic mass is 10.2. The van der Waals surface area contributed by atoms with Gasteiger partial charge in [-0.05, 0) is 18.9 Å². The highest BCUT2D eigenvalue weighted by molar-refractivity contribution is 14.0. The van der Waals surface area contributed by atoms with Crippen LogP contribution in [-0.2, 0) is 11.3 Å². The quantitative estimate of drug-likeness (QED) is 0.386. The fourth-order valence-electron chi connectivity index (χ4n) is 1.55. The zero-order valence-electron chi connectivity index (χ0n) is 12.8. The van der Waals surface area contributed by atoms with E-state index in [1.165, 1.54) is 0 Å². The number of carbonyl (C=O) groups excluding carboxylic acids is 1. The SMILES string of the molecule is CCC(C)NC(=NC)NCC(=O)NCc1ccccc1.I. The number of carbonyl (C=O) groups is 1. The van der Waals surface area contributed by atoms with Crippen molar-refractivity contribution in [2.75, 3.05) is 13.6 Å². The Hall–Kier alpha value is -1.31. The molecule has 6 heteroatoms. The molecule has 0 saturated carbocycles. The second kappa shape index (κ2) is 11.4. The van der Waals surface area contributed by atoms with Gasteiger partial charge in [-0.1, -0.05) is 37.3 Å². The van der Waals surface area contributed by atoms with Crippen molar-refractivity contribution in [3.63, 3.8) is 0 Å². The number of hydrogen-bond donors (Lipinski definition) is 3. The van der Waals surface area contributed by atoms with Crippen LogP contribution in [0.2, 0.25) is 0 Å². The number of benzene rings is 1. The van der Waals surface area contributed by atoms with Gasteiger partial charge in [0.05, 0.1) is 6.54 Å². The Kier molecular flexibility index (Phi) is 10.7. The Labute approximate surface area is 144 Å². The van der Waals surface area contributed by atoms with E-state index in [2.05, 4.69) is 34.8 Å². The normalized spacial score (nSPS) is 12.0. The summed E-state index contributed by atoms with van der Waals surface area (Å²) in [4.78, 5) is 15.8. The van der Waals surface area contributed by atoms with Crippen LogP contribution in [0.15, 0.2) is 35.3 Å². The lowest BCUT2D eigenvalue weighted by Crippen LogP contribution is -2.45. The van der Waals surface area contributed by atoms with E-state index in [4.69, 9.17) is 0 Å². The fraction of sp³-hybridized carbons (Fsp3) is 0.467. The summed E-state index contributed by atoms with van der Waals surface area (Å²) in [7, 11) is 1.69. The third-order valence-corrected chi connectivity index (χ3v) is 2.97. The molecule has 3 N–H and O–H groups in total. The first-order valence-corrected chi connectivity index (χ1v) is 6.93. The summed E-state index contributed by atoms with van der Waals surface area (Å²) in [6, 6.07) is 10.2. The van der Waals surface area contributed by atoms with Crippen molar-refractivity contribution >= 4 is 35.8 Å². The topological polar surface area (TPSA) is 65.5 Å². The summed E-state index contributed by atoms with van der Waals surface area (Å²) in [6.07, 6.45) is 1.00. The molecular formula is C15H25IN4O. The molecule has 0 spiro atoms. The first kappa shape index (κ1) is 19.7. The van der Waals surface area contributed by atoms with Gasteiger partial charge in [0.2, 0.25) is 5.91 Å². The lowest BCUT2D eigenvalue weighted by Gasteiger charge is -2.16. The maximum atomic E-state index is 11.7. The van der Waals surface area contributed by atoms with Gasteiger partial charge in [-0.3, -0.25) is 9.79 Å². The molecule has 0 fully saturated rings. The molecule has 0 aliphatic carbocycles. The van der Waals surface area contributed by atoms with Gasteiger partial charge < -0.3 is 16.0 Å². The highest BCUT2D eigenvalue weighted by Crippen LogP contribution is 1.96. The molecule has 0 aliphatic rings. The Morgan fingerprint density at radius 1 is 1.24 bits per heavy atom. The molecule has 1 aromatic rings. The van der Waals surface area contributed by atoms with Gasteiger partial charge in [-0.2, -0.15) is 0 Å². The summed E-state index contributed by atoms with van der Waals surface area (Å²) in [5, 5.41) is 9.06. The second-order valence-corrected chi connectivity index (χ2v) is 4.64. The van der Waals surface area contributed by atoms with E-state index in [1.807, 2.05) is 30.3 Å². The van der Waals surface area contributed by atoms with Gasteiger partial charge in [-0.25, -0.2) is 0 Å². The number of nitrogens with one attached hydrogen (secondary N) is 3. The first-order valence-electron chi connectivity index (χ1n) is 6.93. The summed E-state index contributed by atoms with van der Waals surface area (Å²) < 4.78 is 0. The second-order valence-electron chi connectivity index (χ2n) is 4.64. The van der Waals surface area contributed by atoms with E-state index >= 15 is 0 Å². The standard InChI is InChI=1S/C15H24N4O.HI/c1-4-12(2)19-15(16-3)18-11-14(20)17-10-13-8-6-5-7-9-13;/h5-9,12H,4,10-11H2,1-3H3,(H,17,20)(H2,16,18,19);1H. The minimum absolute atomic E-state index is 0. The average molecular weight is 404 g/mol. The van der Waals surface area contributed by atoms with Crippen molar-refractivity contribution < 1.29 is 4.79 Å². The summed E-state index contributed by atoms with van der Waals surface area (Å²) in [6.45, 7) is 4.92. The summed E-state index contributed by atoms with van der Waals surface area (Å²) in [5.41, 5.74) is 1.09. The Morgan fingerprint density at radius 2 is 1.90 bits per heavy atom. The van der Waals surface area contributed by atoms with Crippen LogP contribution in [0, 0.1) is 0 Å². The molecule has 0 saturated heterocycles. The van der Waals surface area contributed by atoms with Crippen molar-refractivity contribution in [2.45, 2.75) is 32.9 Å². The largest absolute Gasteiger partial charge is 0.354 e. The first-order chi connectivity index (χ1) is 9.65. The van der Waals surface area contributed by atoms with Crippen LogP contribution in [-0.4, -0.2) is 31.5 Å². The number of hydrogen-bond acceptors (Lipinski definition) is 2. The molecule has 0 heterocycles. The van der Waals surface area contributed by atoms with Crippen LogP contribution in [0.25, 0.3) is 0 Å². The molecule has 1 atom stereocenters. The predicted molar refractivity (Wildman–Crippen MR) is 98.0 cm³/mol. The van der Waals surface area contributed by atoms with Gasteiger partial charge in [-0.15, -0.1) is 24.0 Å². The Bertz CT molecular complexity index is 437. The van der Waals surface area contributed by atoms with Crippen LogP contribution >= 0.6 is 24.0 Å². The molecule has 0 aliphatic heterocycles. The van der Waals surface area contributed by atoms with Crippen LogP contribution in [0.1, 0.15) is 25.8 Å². The molecule has 0 aromatic heterocycles. The molecule has 0 radical (unpaired) electrons. The molecule has 5 nitrogen and oxygen atoms in total. The molecule has 1 rings (SSSR count). The monoisotopic (exact) mass is 404 g/mol. The van der Waals surface area contributed by atoms with E-state index in [9.17, 15) is 4.79 Å². The van der Waals surface area contributed by atoms with Crippen LogP contribution < -0.4 is 16.0 Å². The molecule has 1 aromatic carbocycles. The summed E-state index contributed by atoms with van der Waals surface area (Å²) in [5.74, 6) is 0.593. The molecular weight excluding hydrogens is 379 g/mol. The van der Waals surface area contributed by atoms with E-state index in [0.29, 0.717) is 18.5 Å². The number of aliphatic imine (C=N–C) groups is 1. The predicted octanol–water partition coefficient (Wildman–Crippen LogP) is 1.88. The Morgan fingerprint density at radius 3 is 2.48 bits per heavy atom. The van der Waals surface area contributed by atoms with E-state index in [-0.39, 0.29) is 36.4 Å². The minimum atomic E-state index is -0.0547. The number of guanidine groups is 1. The van der Waals surface area contributed by atoms with Gasteiger partial charge in [0.15, 0.2) is 5.96 Å². The van der Waals surface area contributed by atoms with E-state index in [0.717, 1.165) is 12.0 Å². The van der Waals surface area contributed by atoms with Crippen LogP contribution in [0.4, 0.5) is 0 Å². The molecule has 21 heavy (non-hydrogen) atoms.